The molecule has 0 aromatic carbocycles. The van der Waals surface area contributed by atoms with Gasteiger partial charge in [0.05, 0.1) is 19.0 Å². The van der Waals surface area contributed by atoms with E-state index in [1.165, 1.54) is 0 Å². The molecule has 0 radical (unpaired) electrons. The van der Waals surface area contributed by atoms with E-state index in [9.17, 15) is 14.4 Å². The maximum atomic E-state index is 11.0. The van der Waals surface area contributed by atoms with Crippen LogP contribution < -0.4 is 16.8 Å². The molecule has 1 heterocycles. The first-order chi connectivity index (χ1) is 7.52. The molecule has 1 fully saturated rings. The summed E-state index contributed by atoms with van der Waals surface area (Å²) in [5.41, 5.74) is 10.1. The average Bonchev–Trinajstić information content (AvgIpc) is 2.54. The van der Waals surface area contributed by atoms with Crippen molar-refractivity contribution in [3.8, 4) is 0 Å². The molecule has 2 atom stereocenters. The second-order valence-electron chi connectivity index (χ2n) is 3.25. The number of alkyl carbamates (subject to hydrolysis) is 1. The third-order valence-electron chi connectivity index (χ3n) is 2.00. The number of nitrogens with two attached hydrogens (primary N) is 2. The molecule has 8 heteroatoms. The maximum absolute atomic E-state index is 11.0. The Morgan fingerprint density at radius 2 is 2.19 bits per heavy atom. The van der Waals surface area contributed by atoms with Gasteiger partial charge in [0.25, 0.3) is 0 Å². The number of carbonyl (C=O) groups excluding carboxylic acids is 3. The van der Waals surface area contributed by atoms with Crippen molar-refractivity contribution in [2.45, 2.75) is 18.6 Å². The molecule has 0 spiro atoms. The van der Waals surface area contributed by atoms with Crippen molar-refractivity contribution >= 4 is 28.9 Å². The minimum atomic E-state index is -0.608. The Morgan fingerprint density at radius 3 is 2.75 bits per heavy atom. The van der Waals surface area contributed by atoms with Crippen LogP contribution in [0, 0.1) is 0 Å². The lowest BCUT2D eigenvalue weighted by Gasteiger charge is -2.14. The van der Waals surface area contributed by atoms with E-state index in [2.05, 4.69) is 5.32 Å². The number of thioether (sulfide) groups is 1. The standard InChI is InChI=1S/C8H13N3O4S/c9-2-7(13)16-3-4-5(1-6(10)12)15-8(14)11-4/h4-5H,1-3,9H2,(H2,10,12)(H,11,14). The Kier molecular flexibility index (Phi) is 4.56. The zero-order valence-electron chi connectivity index (χ0n) is 8.47. The van der Waals surface area contributed by atoms with Gasteiger partial charge in [-0.25, -0.2) is 4.79 Å². The van der Waals surface area contributed by atoms with E-state index in [4.69, 9.17) is 16.2 Å². The molecule has 2 unspecified atom stereocenters. The van der Waals surface area contributed by atoms with E-state index in [-0.39, 0.29) is 24.1 Å². The quantitative estimate of drug-likeness (QED) is 0.546. The molecule has 90 valence electrons. The zero-order valence-corrected chi connectivity index (χ0v) is 9.29. The third-order valence-corrected chi connectivity index (χ3v) is 3.02. The van der Waals surface area contributed by atoms with E-state index < -0.39 is 18.1 Å². The SMILES string of the molecule is NCC(=O)SCC1NC(=O)OC1CC(N)=O. The van der Waals surface area contributed by atoms with Crippen molar-refractivity contribution in [3.63, 3.8) is 0 Å². The monoisotopic (exact) mass is 247 g/mol. The summed E-state index contributed by atoms with van der Waals surface area (Å²) in [5, 5.41) is 2.32. The van der Waals surface area contributed by atoms with Crippen LogP contribution >= 0.6 is 11.8 Å². The second-order valence-corrected chi connectivity index (χ2v) is 4.33. The maximum Gasteiger partial charge on any atom is 0.407 e. The summed E-state index contributed by atoms with van der Waals surface area (Å²) in [7, 11) is 0. The zero-order chi connectivity index (χ0) is 12.1. The van der Waals surface area contributed by atoms with Crippen LogP contribution in [0.15, 0.2) is 0 Å². The van der Waals surface area contributed by atoms with Gasteiger partial charge in [0.15, 0.2) is 0 Å². The molecule has 1 aliphatic heterocycles. The van der Waals surface area contributed by atoms with Crippen LogP contribution in [-0.2, 0) is 14.3 Å². The van der Waals surface area contributed by atoms with E-state index in [0.717, 1.165) is 11.8 Å². The van der Waals surface area contributed by atoms with Crippen molar-refractivity contribution in [2.75, 3.05) is 12.3 Å². The number of cyclic esters (lactones) is 1. The molecule has 7 nitrogen and oxygen atoms in total. The van der Waals surface area contributed by atoms with Crippen LogP contribution in [0.2, 0.25) is 0 Å². The number of ether oxygens (including phenoxy) is 1. The highest BCUT2D eigenvalue weighted by Crippen LogP contribution is 2.17. The number of nitrogens with one attached hydrogen (secondary N) is 1. The number of hydrogen-bond acceptors (Lipinski definition) is 6. The summed E-state index contributed by atoms with van der Waals surface area (Å²) in [6, 6.07) is -0.388. The van der Waals surface area contributed by atoms with Crippen molar-refractivity contribution in [3.05, 3.63) is 0 Å². The van der Waals surface area contributed by atoms with Gasteiger partial charge in [-0.05, 0) is 0 Å². The first kappa shape index (κ1) is 12.8. The minimum absolute atomic E-state index is 0.0548. The summed E-state index contributed by atoms with van der Waals surface area (Å²) in [6.45, 7) is -0.0628. The third kappa shape index (κ3) is 3.70. The normalized spacial score (nSPS) is 23.7. The number of rotatable bonds is 5. The van der Waals surface area contributed by atoms with Gasteiger partial charge in [0.2, 0.25) is 11.0 Å². The summed E-state index contributed by atoms with van der Waals surface area (Å²) < 4.78 is 4.84. The number of primary amides is 1. The number of carbonyl (C=O) groups is 3. The molecule has 0 bridgehead atoms. The summed E-state index contributed by atoms with van der Waals surface area (Å²) in [4.78, 5) is 32.6. The molecule has 0 saturated carbocycles. The van der Waals surface area contributed by atoms with Gasteiger partial charge in [-0.3, -0.25) is 9.59 Å². The molecule has 0 aromatic heterocycles. The fourth-order valence-corrected chi connectivity index (χ4v) is 2.05. The van der Waals surface area contributed by atoms with Crippen molar-refractivity contribution in [1.82, 2.24) is 5.32 Å². The highest BCUT2D eigenvalue weighted by molar-refractivity contribution is 8.13. The smallest absolute Gasteiger partial charge is 0.407 e. The van der Waals surface area contributed by atoms with E-state index in [1.807, 2.05) is 0 Å². The lowest BCUT2D eigenvalue weighted by molar-refractivity contribution is -0.119. The Balaban J connectivity index is 2.46. The van der Waals surface area contributed by atoms with Gasteiger partial charge in [0, 0.05) is 5.75 Å². The molecule has 1 aliphatic rings. The average molecular weight is 247 g/mol. The molecule has 5 N–H and O–H groups in total. The van der Waals surface area contributed by atoms with Crippen molar-refractivity contribution in [1.29, 1.82) is 0 Å². The first-order valence-electron chi connectivity index (χ1n) is 4.64. The molecule has 2 amide bonds. The first-order valence-corrected chi connectivity index (χ1v) is 5.62. The van der Waals surface area contributed by atoms with E-state index in [0.29, 0.717) is 5.75 Å². The summed E-state index contributed by atoms with van der Waals surface area (Å²) in [5.74, 6) is -0.235. The molecular weight excluding hydrogens is 234 g/mol. The van der Waals surface area contributed by atoms with Gasteiger partial charge in [-0.15, -0.1) is 0 Å². The topological polar surface area (TPSA) is 125 Å². The highest BCUT2D eigenvalue weighted by atomic mass is 32.2. The fourth-order valence-electron chi connectivity index (χ4n) is 1.27. The predicted octanol–water partition coefficient (Wildman–Crippen LogP) is -1.44. The molecule has 16 heavy (non-hydrogen) atoms. The van der Waals surface area contributed by atoms with E-state index >= 15 is 0 Å². The van der Waals surface area contributed by atoms with Gasteiger partial charge in [-0.1, -0.05) is 11.8 Å². The van der Waals surface area contributed by atoms with Crippen LogP contribution in [0.25, 0.3) is 0 Å². The number of amides is 2. The molecule has 1 saturated heterocycles. The van der Waals surface area contributed by atoms with Crippen molar-refractivity contribution < 1.29 is 19.1 Å². The molecule has 0 aromatic rings. The Labute approximate surface area is 96.2 Å². The largest absolute Gasteiger partial charge is 0.443 e. The molecule has 1 rings (SSSR count). The van der Waals surface area contributed by atoms with Gasteiger partial charge >= 0.3 is 6.09 Å². The highest BCUT2D eigenvalue weighted by Gasteiger charge is 2.35. The van der Waals surface area contributed by atoms with Crippen LogP contribution in [0.3, 0.4) is 0 Å². The predicted molar refractivity (Wildman–Crippen MR) is 57.5 cm³/mol. The Hall–Kier alpha value is -1.28. The lowest BCUT2D eigenvalue weighted by atomic mass is 10.1. The Morgan fingerprint density at radius 1 is 1.50 bits per heavy atom. The summed E-state index contributed by atoms with van der Waals surface area (Å²) >= 11 is 0.996. The summed E-state index contributed by atoms with van der Waals surface area (Å²) in [6.07, 6.45) is -1.26. The van der Waals surface area contributed by atoms with Crippen LogP contribution in [0.1, 0.15) is 6.42 Å². The van der Waals surface area contributed by atoms with Crippen LogP contribution in [0.4, 0.5) is 4.79 Å². The number of hydrogen-bond donors (Lipinski definition) is 3. The second kappa shape index (κ2) is 5.71. The minimum Gasteiger partial charge on any atom is -0.443 e. The van der Waals surface area contributed by atoms with Crippen LogP contribution in [0.5, 0.6) is 0 Å². The van der Waals surface area contributed by atoms with Crippen molar-refractivity contribution in [2.24, 2.45) is 11.5 Å². The van der Waals surface area contributed by atoms with Crippen LogP contribution in [-0.4, -0.2) is 41.6 Å². The fraction of sp³-hybridized carbons (Fsp3) is 0.625. The lowest BCUT2D eigenvalue weighted by Crippen LogP contribution is -2.36. The van der Waals surface area contributed by atoms with Gasteiger partial charge in [0.1, 0.15) is 6.10 Å². The van der Waals surface area contributed by atoms with Gasteiger partial charge < -0.3 is 21.5 Å². The Bertz CT molecular complexity index is 310. The molecular formula is C8H13N3O4S. The van der Waals surface area contributed by atoms with E-state index in [1.54, 1.807) is 0 Å². The molecule has 0 aliphatic carbocycles. The van der Waals surface area contributed by atoms with Gasteiger partial charge in [-0.2, -0.15) is 0 Å².